The fourth-order valence-corrected chi connectivity index (χ4v) is 4.50. The molecule has 3 aromatic rings. The molecule has 1 aromatic heterocycles. The Kier molecular flexibility index (Phi) is 7.68. The smallest absolute Gasteiger partial charge is 0.222 e. The molecule has 5 nitrogen and oxygen atoms in total. The lowest BCUT2D eigenvalue weighted by Crippen LogP contribution is -2.49. The van der Waals surface area contributed by atoms with Gasteiger partial charge in [-0.2, -0.15) is 0 Å². The first-order chi connectivity index (χ1) is 16.5. The second-order valence-corrected chi connectivity index (χ2v) is 8.88. The van der Waals surface area contributed by atoms with Crippen LogP contribution in [0.2, 0.25) is 5.02 Å². The number of benzene rings is 2. The van der Waals surface area contributed by atoms with Crippen molar-refractivity contribution in [2.45, 2.75) is 26.2 Å². The second-order valence-electron chi connectivity index (χ2n) is 8.45. The average Bonchev–Trinajstić information content (AvgIpc) is 2.86. The minimum absolute atomic E-state index is 0.226. The maximum absolute atomic E-state index is 15.6. The van der Waals surface area contributed by atoms with Gasteiger partial charge in [-0.1, -0.05) is 42.8 Å². The number of amides is 1. The van der Waals surface area contributed by atoms with Crippen LogP contribution in [-0.2, 0) is 11.2 Å². The van der Waals surface area contributed by atoms with Gasteiger partial charge in [0.2, 0.25) is 5.91 Å². The van der Waals surface area contributed by atoms with E-state index in [-0.39, 0.29) is 11.7 Å². The van der Waals surface area contributed by atoms with Gasteiger partial charge >= 0.3 is 0 Å². The lowest BCUT2D eigenvalue weighted by molar-refractivity contribution is -0.131. The van der Waals surface area contributed by atoms with Crippen LogP contribution in [0.15, 0.2) is 54.7 Å². The Balaban J connectivity index is 1.48. The molecule has 34 heavy (non-hydrogen) atoms. The number of hydrogen-bond donors (Lipinski definition) is 0. The van der Waals surface area contributed by atoms with Crippen molar-refractivity contribution in [2.75, 3.05) is 38.2 Å². The molecule has 0 unspecified atom stereocenters. The van der Waals surface area contributed by atoms with Crippen molar-refractivity contribution in [3.63, 3.8) is 0 Å². The van der Waals surface area contributed by atoms with E-state index in [9.17, 15) is 4.79 Å². The third-order valence-electron chi connectivity index (χ3n) is 6.14. The Bertz CT molecular complexity index is 1150. The van der Waals surface area contributed by atoms with E-state index in [2.05, 4.69) is 9.88 Å². The lowest BCUT2D eigenvalue weighted by atomic mass is 9.97. The molecule has 1 aliphatic heterocycles. The SMILES string of the molecule is CCCC(=O)N1CCN(c2ccc(Cc3ccc(OC)c(-c4cccc(Cl)c4)c3F)cn2)CC1. The average molecular weight is 482 g/mol. The quantitative estimate of drug-likeness (QED) is 0.441. The Morgan fingerprint density at radius 2 is 1.91 bits per heavy atom. The van der Waals surface area contributed by atoms with Crippen LogP contribution in [-0.4, -0.2) is 49.1 Å². The number of carbonyl (C=O) groups excluding carboxylic acids is 1. The molecular weight excluding hydrogens is 453 g/mol. The van der Waals surface area contributed by atoms with Gasteiger partial charge in [-0.05, 0) is 47.4 Å². The molecule has 0 bridgehead atoms. The van der Waals surface area contributed by atoms with Gasteiger partial charge in [0.05, 0.1) is 12.7 Å². The summed E-state index contributed by atoms with van der Waals surface area (Å²) in [6.45, 7) is 4.97. The number of hydrogen-bond acceptors (Lipinski definition) is 4. The van der Waals surface area contributed by atoms with E-state index in [1.165, 1.54) is 7.11 Å². The minimum atomic E-state index is -0.321. The normalized spacial score (nSPS) is 13.8. The van der Waals surface area contributed by atoms with Gasteiger partial charge in [0.15, 0.2) is 0 Å². The number of halogens is 2. The zero-order valence-corrected chi connectivity index (χ0v) is 20.3. The first kappa shape index (κ1) is 24.0. The highest BCUT2D eigenvalue weighted by atomic mass is 35.5. The fraction of sp³-hybridized carbons (Fsp3) is 0.333. The summed E-state index contributed by atoms with van der Waals surface area (Å²) in [5.41, 5.74) is 2.56. The molecule has 1 fully saturated rings. The molecule has 1 amide bonds. The van der Waals surface area contributed by atoms with Crippen molar-refractivity contribution in [3.8, 4) is 16.9 Å². The predicted molar refractivity (Wildman–Crippen MR) is 134 cm³/mol. The van der Waals surface area contributed by atoms with E-state index >= 15 is 4.39 Å². The first-order valence-corrected chi connectivity index (χ1v) is 12.0. The Hall–Kier alpha value is -3.12. The largest absolute Gasteiger partial charge is 0.496 e. The molecule has 178 valence electrons. The minimum Gasteiger partial charge on any atom is -0.496 e. The summed E-state index contributed by atoms with van der Waals surface area (Å²) in [4.78, 5) is 20.8. The number of piperazine rings is 1. The molecule has 1 aliphatic rings. The summed E-state index contributed by atoms with van der Waals surface area (Å²) < 4.78 is 21.0. The molecule has 0 radical (unpaired) electrons. The molecule has 0 atom stereocenters. The molecule has 2 aromatic carbocycles. The topological polar surface area (TPSA) is 45.7 Å². The van der Waals surface area contributed by atoms with Gasteiger partial charge in [-0.15, -0.1) is 0 Å². The van der Waals surface area contributed by atoms with Crippen LogP contribution in [0.5, 0.6) is 5.75 Å². The van der Waals surface area contributed by atoms with Crippen molar-refractivity contribution in [1.29, 1.82) is 0 Å². The van der Waals surface area contributed by atoms with Crippen LogP contribution in [0, 0.1) is 5.82 Å². The maximum atomic E-state index is 15.6. The summed E-state index contributed by atoms with van der Waals surface area (Å²) in [6, 6.07) is 14.6. The van der Waals surface area contributed by atoms with Crippen LogP contribution in [0.4, 0.5) is 10.2 Å². The molecule has 0 aliphatic carbocycles. The number of aromatic nitrogens is 1. The Labute approximate surface area is 205 Å². The van der Waals surface area contributed by atoms with Gasteiger partial charge in [-0.3, -0.25) is 4.79 Å². The highest BCUT2D eigenvalue weighted by Crippen LogP contribution is 2.36. The number of rotatable bonds is 7. The molecule has 1 saturated heterocycles. The Morgan fingerprint density at radius 3 is 2.56 bits per heavy atom. The van der Waals surface area contributed by atoms with Gasteiger partial charge in [0.25, 0.3) is 0 Å². The van der Waals surface area contributed by atoms with Crippen molar-refractivity contribution >= 4 is 23.3 Å². The number of ether oxygens (including phenoxy) is 1. The predicted octanol–water partition coefficient (Wildman–Crippen LogP) is 5.59. The van der Waals surface area contributed by atoms with Crippen molar-refractivity contribution in [3.05, 3.63) is 76.7 Å². The van der Waals surface area contributed by atoms with Crippen molar-refractivity contribution in [1.82, 2.24) is 9.88 Å². The molecule has 4 rings (SSSR count). The number of pyridine rings is 1. The third kappa shape index (κ3) is 5.33. The number of carbonyl (C=O) groups is 1. The van der Waals surface area contributed by atoms with Crippen LogP contribution >= 0.6 is 11.6 Å². The standard InChI is InChI=1S/C27H29ClFN3O2/c1-3-5-25(33)32-14-12-31(13-15-32)24-11-8-19(18-30-24)16-21-9-10-23(34-2)26(27(21)29)20-6-4-7-22(28)17-20/h4,6-11,17-18H,3,5,12-16H2,1-2H3. The van der Waals surface area contributed by atoms with Gasteiger partial charge in [0.1, 0.15) is 17.4 Å². The molecule has 0 N–H and O–H groups in total. The first-order valence-electron chi connectivity index (χ1n) is 11.6. The highest BCUT2D eigenvalue weighted by molar-refractivity contribution is 6.30. The van der Waals surface area contributed by atoms with Crippen LogP contribution in [0.3, 0.4) is 0 Å². The summed E-state index contributed by atoms with van der Waals surface area (Å²) in [6.07, 6.45) is 3.69. The summed E-state index contributed by atoms with van der Waals surface area (Å²) in [5.74, 6) is 1.25. The van der Waals surface area contributed by atoms with E-state index in [1.807, 2.05) is 30.0 Å². The van der Waals surface area contributed by atoms with Crippen LogP contribution < -0.4 is 9.64 Å². The molecule has 2 heterocycles. The number of methoxy groups -OCH3 is 1. The fourth-order valence-electron chi connectivity index (χ4n) is 4.31. The van der Waals surface area contributed by atoms with Crippen LogP contribution in [0.1, 0.15) is 30.9 Å². The summed E-state index contributed by atoms with van der Waals surface area (Å²) in [5, 5.41) is 0.541. The molecule has 7 heteroatoms. The molecule has 0 saturated carbocycles. The summed E-state index contributed by atoms with van der Waals surface area (Å²) >= 11 is 6.13. The third-order valence-corrected chi connectivity index (χ3v) is 6.38. The van der Waals surface area contributed by atoms with Gasteiger partial charge < -0.3 is 14.5 Å². The van der Waals surface area contributed by atoms with Gasteiger partial charge in [-0.25, -0.2) is 9.37 Å². The van der Waals surface area contributed by atoms with E-state index in [4.69, 9.17) is 16.3 Å². The monoisotopic (exact) mass is 481 g/mol. The summed E-state index contributed by atoms with van der Waals surface area (Å²) in [7, 11) is 1.53. The Morgan fingerprint density at radius 1 is 1.12 bits per heavy atom. The van der Waals surface area contributed by atoms with Gasteiger partial charge in [0, 0.05) is 50.2 Å². The zero-order valence-electron chi connectivity index (χ0n) is 19.6. The van der Waals surface area contributed by atoms with E-state index in [0.29, 0.717) is 53.4 Å². The second kappa shape index (κ2) is 10.9. The van der Waals surface area contributed by atoms with Crippen molar-refractivity contribution < 1.29 is 13.9 Å². The number of anilines is 1. The number of nitrogens with zero attached hydrogens (tertiary/aromatic N) is 3. The van der Waals surface area contributed by atoms with E-state index in [0.717, 1.165) is 30.9 Å². The molecular formula is C27H29ClFN3O2. The van der Waals surface area contributed by atoms with Crippen LogP contribution in [0.25, 0.3) is 11.1 Å². The van der Waals surface area contributed by atoms with E-state index in [1.54, 1.807) is 36.5 Å². The lowest BCUT2D eigenvalue weighted by Gasteiger charge is -2.35. The molecule has 0 spiro atoms. The maximum Gasteiger partial charge on any atom is 0.222 e. The highest BCUT2D eigenvalue weighted by Gasteiger charge is 2.21. The van der Waals surface area contributed by atoms with E-state index < -0.39 is 0 Å². The zero-order chi connectivity index (χ0) is 24.1. The van der Waals surface area contributed by atoms with Crippen molar-refractivity contribution in [2.24, 2.45) is 0 Å².